The van der Waals surface area contributed by atoms with E-state index in [0.29, 0.717) is 21.7 Å². The number of thiazole rings is 1. The monoisotopic (exact) mass is 225 g/mol. The van der Waals surface area contributed by atoms with Gasteiger partial charge in [0.15, 0.2) is 5.13 Å². The Hall–Kier alpha value is -1.10. The largest absolute Gasteiger partial charge is 0.375 e. The van der Waals surface area contributed by atoms with Crippen molar-refractivity contribution in [2.75, 3.05) is 5.73 Å². The van der Waals surface area contributed by atoms with Gasteiger partial charge >= 0.3 is 0 Å². The highest BCUT2D eigenvalue weighted by atomic mass is 32.1. The van der Waals surface area contributed by atoms with Gasteiger partial charge in [-0.2, -0.15) is 0 Å². The molecule has 5 heteroatoms. The third-order valence-electron chi connectivity index (χ3n) is 2.84. The molecule has 0 aliphatic heterocycles. The molecule has 2 rings (SSSR count). The molecule has 1 unspecified atom stereocenters. The van der Waals surface area contributed by atoms with Crippen molar-refractivity contribution in [3.63, 3.8) is 0 Å². The van der Waals surface area contributed by atoms with E-state index >= 15 is 0 Å². The summed E-state index contributed by atoms with van der Waals surface area (Å²) in [4.78, 5) is 16.5. The Kier molecular flexibility index (Phi) is 2.22. The number of nitrogens with one attached hydrogen (secondary N) is 1. The summed E-state index contributed by atoms with van der Waals surface area (Å²) in [5.74, 6) is -0.0442. The molecule has 1 heterocycles. The maximum Gasteiger partial charge on any atom is 0.263 e. The summed E-state index contributed by atoms with van der Waals surface area (Å²) in [6.07, 6.45) is 1.05. The van der Waals surface area contributed by atoms with Crippen LogP contribution in [0.2, 0.25) is 0 Å². The molecule has 0 bridgehead atoms. The fraction of sp³-hybridized carbons (Fsp3) is 0.600. The highest BCUT2D eigenvalue weighted by molar-refractivity contribution is 7.17. The van der Waals surface area contributed by atoms with Crippen LogP contribution in [0.4, 0.5) is 5.13 Å². The number of hydrogen-bond donors (Lipinski definition) is 2. The van der Waals surface area contributed by atoms with Gasteiger partial charge in [0.05, 0.1) is 5.69 Å². The number of aromatic nitrogens is 1. The molecule has 0 spiro atoms. The maximum atomic E-state index is 11.8. The van der Waals surface area contributed by atoms with Crippen molar-refractivity contribution in [1.82, 2.24) is 10.3 Å². The van der Waals surface area contributed by atoms with Crippen LogP contribution in [0.1, 0.15) is 35.6 Å². The SMILES string of the molecule is Cc1nc(N)sc1C(=O)NC1CC1(C)C. The van der Waals surface area contributed by atoms with Crippen molar-refractivity contribution >= 4 is 22.4 Å². The van der Waals surface area contributed by atoms with Gasteiger partial charge in [0.1, 0.15) is 4.88 Å². The quantitative estimate of drug-likeness (QED) is 0.802. The van der Waals surface area contributed by atoms with Crippen LogP contribution in [0.25, 0.3) is 0 Å². The summed E-state index contributed by atoms with van der Waals surface area (Å²) in [6, 6.07) is 0.299. The molecule has 1 atom stereocenters. The van der Waals surface area contributed by atoms with E-state index in [1.165, 1.54) is 11.3 Å². The minimum Gasteiger partial charge on any atom is -0.375 e. The van der Waals surface area contributed by atoms with E-state index in [4.69, 9.17) is 5.73 Å². The molecule has 3 N–H and O–H groups in total. The number of anilines is 1. The molecular formula is C10H15N3OS. The first-order chi connectivity index (χ1) is 6.90. The highest BCUT2D eigenvalue weighted by Gasteiger charge is 2.46. The Bertz CT molecular complexity index is 411. The standard InChI is InChI=1S/C10H15N3OS/c1-5-7(15-9(11)12-5)8(14)13-6-4-10(6,2)3/h6H,4H2,1-3H3,(H2,11,12)(H,13,14). The van der Waals surface area contributed by atoms with Crippen LogP contribution in [-0.2, 0) is 0 Å². The molecule has 1 aromatic heterocycles. The van der Waals surface area contributed by atoms with Gasteiger partial charge in [-0.15, -0.1) is 0 Å². The van der Waals surface area contributed by atoms with Gasteiger partial charge < -0.3 is 11.1 Å². The van der Waals surface area contributed by atoms with Gasteiger partial charge in [-0.1, -0.05) is 25.2 Å². The average Bonchev–Trinajstić information content (AvgIpc) is 2.53. The second-order valence-electron chi connectivity index (χ2n) is 4.69. The number of hydrogen-bond acceptors (Lipinski definition) is 4. The number of nitrogen functional groups attached to an aromatic ring is 1. The fourth-order valence-corrected chi connectivity index (χ4v) is 2.30. The summed E-state index contributed by atoms with van der Waals surface area (Å²) in [5.41, 5.74) is 6.51. The molecule has 0 aromatic carbocycles. The minimum absolute atomic E-state index is 0.0442. The number of rotatable bonds is 2. The van der Waals surface area contributed by atoms with Crippen LogP contribution >= 0.6 is 11.3 Å². The Morgan fingerprint density at radius 3 is 2.67 bits per heavy atom. The maximum absolute atomic E-state index is 11.8. The van der Waals surface area contributed by atoms with Crippen LogP contribution in [0, 0.1) is 12.3 Å². The smallest absolute Gasteiger partial charge is 0.263 e. The van der Waals surface area contributed by atoms with E-state index in [-0.39, 0.29) is 11.3 Å². The average molecular weight is 225 g/mol. The van der Waals surface area contributed by atoms with E-state index in [0.717, 1.165) is 6.42 Å². The predicted octanol–water partition coefficient (Wildman–Crippen LogP) is 1.56. The van der Waals surface area contributed by atoms with Gasteiger partial charge in [0, 0.05) is 6.04 Å². The third kappa shape index (κ3) is 1.97. The molecule has 82 valence electrons. The summed E-state index contributed by atoms with van der Waals surface area (Å²) >= 11 is 1.25. The number of nitrogens with zero attached hydrogens (tertiary/aromatic N) is 1. The zero-order valence-electron chi connectivity index (χ0n) is 9.13. The topological polar surface area (TPSA) is 68.0 Å². The second-order valence-corrected chi connectivity index (χ2v) is 5.72. The van der Waals surface area contributed by atoms with Crippen molar-refractivity contribution in [1.29, 1.82) is 0 Å². The molecule has 4 nitrogen and oxygen atoms in total. The first-order valence-electron chi connectivity index (χ1n) is 4.94. The van der Waals surface area contributed by atoms with E-state index in [9.17, 15) is 4.79 Å². The second kappa shape index (κ2) is 3.20. The van der Waals surface area contributed by atoms with Crippen molar-refractivity contribution in [3.8, 4) is 0 Å². The Labute approximate surface area is 92.9 Å². The van der Waals surface area contributed by atoms with Crippen molar-refractivity contribution in [2.45, 2.75) is 33.2 Å². The van der Waals surface area contributed by atoms with Crippen molar-refractivity contribution < 1.29 is 4.79 Å². The molecular weight excluding hydrogens is 210 g/mol. The van der Waals surface area contributed by atoms with Gasteiger partial charge in [-0.25, -0.2) is 4.98 Å². The van der Waals surface area contributed by atoms with E-state index in [2.05, 4.69) is 24.1 Å². The summed E-state index contributed by atoms with van der Waals surface area (Å²) in [5, 5.41) is 3.44. The Morgan fingerprint density at radius 2 is 2.27 bits per heavy atom. The number of carbonyl (C=O) groups excluding carboxylic acids is 1. The lowest BCUT2D eigenvalue weighted by Gasteiger charge is -2.05. The molecule has 1 saturated carbocycles. The highest BCUT2D eigenvalue weighted by Crippen LogP contribution is 2.44. The zero-order valence-corrected chi connectivity index (χ0v) is 9.94. The molecule has 0 radical (unpaired) electrons. The normalized spacial score (nSPS) is 22.5. The van der Waals surface area contributed by atoms with Crippen molar-refractivity contribution in [2.24, 2.45) is 5.41 Å². The Balaban J connectivity index is 2.06. The fourth-order valence-electron chi connectivity index (χ4n) is 1.57. The lowest BCUT2D eigenvalue weighted by molar-refractivity contribution is 0.0949. The number of amides is 1. The third-order valence-corrected chi connectivity index (χ3v) is 3.82. The molecule has 1 aromatic rings. The van der Waals surface area contributed by atoms with Crippen LogP contribution in [0.15, 0.2) is 0 Å². The van der Waals surface area contributed by atoms with Gasteiger partial charge in [0.25, 0.3) is 5.91 Å². The van der Waals surface area contributed by atoms with E-state index in [1.807, 2.05) is 0 Å². The summed E-state index contributed by atoms with van der Waals surface area (Å²) < 4.78 is 0. The Morgan fingerprint density at radius 1 is 1.67 bits per heavy atom. The molecule has 1 amide bonds. The van der Waals surface area contributed by atoms with Crippen LogP contribution < -0.4 is 11.1 Å². The van der Waals surface area contributed by atoms with Crippen molar-refractivity contribution in [3.05, 3.63) is 10.6 Å². The van der Waals surface area contributed by atoms with Gasteiger partial charge in [0.2, 0.25) is 0 Å². The lowest BCUT2D eigenvalue weighted by Crippen LogP contribution is -2.28. The molecule has 1 aliphatic carbocycles. The first-order valence-corrected chi connectivity index (χ1v) is 5.75. The zero-order chi connectivity index (χ0) is 11.2. The number of carbonyl (C=O) groups is 1. The molecule has 1 aliphatic rings. The first kappa shape index (κ1) is 10.4. The van der Waals surface area contributed by atoms with Gasteiger partial charge in [-0.3, -0.25) is 4.79 Å². The molecule has 15 heavy (non-hydrogen) atoms. The molecule has 0 saturated heterocycles. The number of aryl methyl sites for hydroxylation is 1. The van der Waals surface area contributed by atoms with Crippen LogP contribution in [0.3, 0.4) is 0 Å². The predicted molar refractivity (Wildman–Crippen MR) is 60.9 cm³/mol. The van der Waals surface area contributed by atoms with Gasteiger partial charge in [-0.05, 0) is 18.8 Å². The number of nitrogens with two attached hydrogens (primary N) is 1. The van der Waals surface area contributed by atoms with E-state index < -0.39 is 0 Å². The van der Waals surface area contributed by atoms with Crippen LogP contribution in [0.5, 0.6) is 0 Å². The van der Waals surface area contributed by atoms with Crippen LogP contribution in [-0.4, -0.2) is 16.9 Å². The lowest BCUT2D eigenvalue weighted by atomic mass is 10.2. The van der Waals surface area contributed by atoms with E-state index in [1.54, 1.807) is 6.92 Å². The summed E-state index contributed by atoms with van der Waals surface area (Å²) in [6.45, 7) is 6.09. The summed E-state index contributed by atoms with van der Waals surface area (Å²) in [7, 11) is 0. The molecule has 1 fully saturated rings. The minimum atomic E-state index is -0.0442.